The molecule has 0 spiro atoms. The van der Waals surface area contributed by atoms with Crippen molar-refractivity contribution < 1.29 is 10.2 Å². The highest BCUT2D eigenvalue weighted by atomic mass is 32.2. The van der Waals surface area contributed by atoms with Crippen LogP contribution in [-0.2, 0) is 0 Å². The van der Waals surface area contributed by atoms with Crippen LogP contribution in [0.25, 0.3) is 0 Å². The second-order valence-electron chi connectivity index (χ2n) is 10.8. The van der Waals surface area contributed by atoms with Gasteiger partial charge in [-0.1, -0.05) is 62.9 Å². The molecule has 0 aromatic carbocycles. The summed E-state index contributed by atoms with van der Waals surface area (Å²) in [7, 11) is 0. The highest BCUT2D eigenvalue weighted by molar-refractivity contribution is 7.96. The van der Waals surface area contributed by atoms with E-state index < -0.39 is 12.2 Å². The molecule has 3 rings (SSSR count). The molecular formula is C28H48N2O2S. The summed E-state index contributed by atoms with van der Waals surface area (Å²) < 4.78 is 2.48. The highest BCUT2D eigenvalue weighted by Crippen LogP contribution is 2.34. The van der Waals surface area contributed by atoms with Crippen LogP contribution in [0.2, 0.25) is 0 Å². The molecule has 0 bridgehead atoms. The number of nitrogens with zero attached hydrogens (tertiary/aromatic N) is 2. The summed E-state index contributed by atoms with van der Waals surface area (Å²) in [6, 6.07) is 0. The van der Waals surface area contributed by atoms with E-state index in [0.29, 0.717) is 18.8 Å². The number of allylic oxidation sites excluding steroid dienone is 3. The first-order chi connectivity index (χ1) is 15.9. The van der Waals surface area contributed by atoms with Crippen molar-refractivity contribution in [2.24, 2.45) is 17.8 Å². The van der Waals surface area contributed by atoms with Gasteiger partial charge in [-0.15, -0.1) is 0 Å². The fourth-order valence-corrected chi connectivity index (χ4v) is 6.34. The number of piperazine rings is 1. The summed E-state index contributed by atoms with van der Waals surface area (Å²) in [5.74, 6) is 2.25. The molecule has 5 atom stereocenters. The molecule has 4 nitrogen and oxygen atoms in total. The molecule has 1 heterocycles. The summed E-state index contributed by atoms with van der Waals surface area (Å²) in [5, 5.41) is 20.2. The van der Waals surface area contributed by atoms with Crippen molar-refractivity contribution in [3.63, 3.8) is 0 Å². The first-order valence-electron chi connectivity index (χ1n) is 13.3. The van der Waals surface area contributed by atoms with E-state index in [4.69, 9.17) is 0 Å². The van der Waals surface area contributed by atoms with E-state index in [-0.39, 0.29) is 0 Å². The van der Waals surface area contributed by atoms with Gasteiger partial charge in [-0.05, 0) is 80.2 Å². The van der Waals surface area contributed by atoms with Crippen molar-refractivity contribution in [3.05, 3.63) is 35.5 Å². The minimum absolute atomic E-state index is 0.413. The monoisotopic (exact) mass is 476 g/mol. The van der Waals surface area contributed by atoms with Crippen molar-refractivity contribution >= 4 is 11.9 Å². The molecular weight excluding hydrogens is 428 g/mol. The standard InChI is InChI=1S/C28H48N2O2S/c1-21-9-10-24(22(2)13-14-29-15-17-30(33-4)18-16-29)7-5-6-8-25(21)11-12-26-19-27(31)20-28(32)23(26)3/h11-12,21-22,24,27-28,31-32H,3,5-10,13-20H2,1-2,4H3/b25-11+,26-12-/t21-,22+,24+,27+,28-/m0/s1. The van der Waals surface area contributed by atoms with Crippen molar-refractivity contribution in [3.8, 4) is 0 Å². The van der Waals surface area contributed by atoms with Gasteiger partial charge in [-0.2, -0.15) is 0 Å². The lowest BCUT2D eigenvalue weighted by Gasteiger charge is -2.34. The van der Waals surface area contributed by atoms with E-state index in [2.05, 4.69) is 48.0 Å². The van der Waals surface area contributed by atoms with Gasteiger partial charge < -0.3 is 15.1 Å². The molecule has 188 valence electrons. The molecule has 1 saturated heterocycles. The summed E-state index contributed by atoms with van der Waals surface area (Å²) >= 11 is 1.89. The maximum absolute atomic E-state index is 10.1. The Morgan fingerprint density at radius 3 is 2.58 bits per heavy atom. The summed E-state index contributed by atoms with van der Waals surface area (Å²) in [5.41, 5.74) is 3.34. The molecule has 0 aromatic heterocycles. The number of aliphatic hydroxyl groups is 2. The maximum Gasteiger partial charge on any atom is 0.0811 e. The Kier molecular flexibility index (Phi) is 11.0. The van der Waals surface area contributed by atoms with Gasteiger partial charge in [-0.3, -0.25) is 0 Å². The maximum atomic E-state index is 10.1. The van der Waals surface area contributed by atoms with Gasteiger partial charge in [0.2, 0.25) is 0 Å². The Balaban J connectivity index is 1.51. The fraction of sp³-hybridized carbons (Fsp3) is 0.786. The van der Waals surface area contributed by atoms with Gasteiger partial charge in [0.15, 0.2) is 0 Å². The van der Waals surface area contributed by atoms with Gasteiger partial charge in [0, 0.05) is 32.6 Å². The molecule has 33 heavy (non-hydrogen) atoms. The van der Waals surface area contributed by atoms with E-state index in [1.54, 1.807) is 0 Å². The molecule has 0 amide bonds. The summed E-state index contributed by atoms with van der Waals surface area (Å²) in [6.07, 6.45) is 15.6. The van der Waals surface area contributed by atoms with Gasteiger partial charge in [0.25, 0.3) is 0 Å². The topological polar surface area (TPSA) is 46.9 Å². The van der Waals surface area contributed by atoms with Gasteiger partial charge in [0.1, 0.15) is 0 Å². The number of hydrogen-bond donors (Lipinski definition) is 2. The zero-order valence-corrected chi connectivity index (χ0v) is 22.2. The first kappa shape index (κ1) is 27.0. The third-order valence-electron chi connectivity index (χ3n) is 8.45. The van der Waals surface area contributed by atoms with Crippen LogP contribution in [0.15, 0.2) is 35.5 Å². The molecule has 0 aromatic rings. The van der Waals surface area contributed by atoms with Crippen molar-refractivity contribution in [2.75, 3.05) is 39.0 Å². The highest BCUT2D eigenvalue weighted by Gasteiger charge is 2.26. The van der Waals surface area contributed by atoms with Crippen LogP contribution in [0.3, 0.4) is 0 Å². The Morgan fingerprint density at radius 1 is 1.09 bits per heavy atom. The van der Waals surface area contributed by atoms with Crippen LogP contribution in [-0.4, -0.2) is 70.6 Å². The third-order valence-corrected chi connectivity index (χ3v) is 9.33. The second kappa shape index (κ2) is 13.5. The molecule has 0 unspecified atom stereocenters. The molecule has 2 N–H and O–H groups in total. The van der Waals surface area contributed by atoms with Crippen LogP contribution < -0.4 is 0 Å². The van der Waals surface area contributed by atoms with E-state index in [1.807, 2.05) is 11.9 Å². The first-order valence-corrected chi connectivity index (χ1v) is 14.5. The van der Waals surface area contributed by atoms with E-state index >= 15 is 0 Å². The zero-order valence-electron chi connectivity index (χ0n) is 21.3. The van der Waals surface area contributed by atoms with Crippen molar-refractivity contribution in [2.45, 2.75) is 83.8 Å². The average molecular weight is 477 g/mol. The quantitative estimate of drug-likeness (QED) is 0.500. The Morgan fingerprint density at radius 2 is 1.85 bits per heavy atom. The average Bonchev–Trinajstić information content (AvgIpc) is 2.90. The fourth-order valence-electron chi connectivity index (χ4n) is 5.82. The summed E-state index contributed by atoms with van der Waals surface area (Å²) in [4.78, 5) is 2.67. The molecule has 0 radical (unpaired) electrons. The predicted octanol–water partition coefficient (Wildman–Crippen LogP) is 5.44. The lowest BCUT2D eigenvalue weighted by atomic mass is 9.82. The molecule has 2 aliphatic carbocycles. The predicted molar refractivity (Wildman–Crippen MR) is 142 cm³/mol. The molecule has 3 aliphatic rings. The summed E-state index contributed by atoms with van der Waals surface area (Å²) in [6.45, 7) is 15.1. The zero-order chi connectivity index (χ0) is 23.8. The smallest absolute Gasteiger partial charge is 0.0811 e. The van der Waals surface area contributed by atoms with Crippen LogP contribution in [0.5, 0.6) is 0 Å². The van der Waals surface area contributed by atoms with Crippen molar-refractivity contribution in [1.82, 2.24) is 9.21 Å². The molecule has 5 heteroatoms. The van der Waals surface area contributed by atoms with Crippen LogP contribution in [0.1, 0.15) is 71.6 Å². The van der Waals surface area contributed by atoms with Crippen LogP contribution >= 0.6 is 11.9 Å². The number of aliphatic hydroxyl groups excluding tert-OH is 2. The van der Waals surface area contributed by atoms with Gasteiger partial charge in [-0.25, -0.2) is 4.31 Å². The number of rotatable bonds is 6. The van der Waals surface area contributed by atoms with E-state index in [1.165, 1.54) is 83.2 Å². The Hall–Kier alpha value is -0.590. The minimum Gasteiger partial charge on any atom is -0.393 e. The number of hydrogen-bond acceptors (Lipinski definition) is 5. The molecule has 1 aliphatic heterocycles. The minimum atomic E-state index is -0.604. The van der Waals surface area contributed by atoms with E-state index in [0.717, 1.165) is 23.0 Å². The Labute approximate surface area is 207 Å². The normalized spacial score (nSPS) is 34.8. The largest absolute Gasteiger partial charge is 0.393 e. The lowest BCUT2D eigenvalue weighted by Crippen LogP contribution is -2.44. The van der Waals surface area contributed by atoms with E-state index in [9.17, 15) is 10.2 Å². The van der Waals surface area contributed by atoms with Crippen LogP contribution in [0, 0.1) is 17.8 Å². The Bertz CT molecular complexity index is 683. The van der Waals surface area contributed by atoms with Gasteiger partial charge in [0.05, 0.1) is 12.2 Å². The van der Waals surface area contributed by atoms with Gasteiger partial charge >= 0.3 is 0 Å². The third kappa shape index (κ3) is 8.24. The van der Waals surface area contributed by atoms with Crippen LogP contribution in [0.4, 0.5) is 0 Å². The lowest BCUT2D eigenvalue weighted by molar-refractivity contribution is 0.0862. The van der Waals surface area contributed by atoms with Crippen molar-refractivity contribution in [1.29, 1.82) is 0 Å². The molecule has 2 saturated carbocycles. The SMILES string of the molecule is C=C1/C(=C\C=C2/CCCC[C@@H]([C@H](C)CCN3CCN(SC)CC3)CC[C@@H]2C)C[C@@H](O)C[C@@H]1O. The second-order valence-corrected chi connectivity index (χ2v) is 11.7. The molecule has 3 fully saturated rings.